The number of carbonyl (C=O) groups excluding carboxylic acids is 2. The minimum absolute atomic E-state index is 0.0280. The normalized spacial score (nSPS) is 11.0. The third-order valence-electron chi connectivity index (χ3n) is 6.02. The van der Waals surface area contributed by atoms with Gasteiger partial charge in [-0.1, -0.05) is 61.9 Å². The highest BCUT2D eigenvalue weighted by atomic mass is 16.3. The maximum Gasteiger partial charge on any atom is 0.290 e. The van der Waals surface area contributed by atoms with Gasteiger partial charge in [-0.3, -0.25) is 9.59 Å². The molecule has 0 saturated heterocycles. The number of benzene rings is 2. The number of fused-ring (bicyclic) bond motifs is 1. The molecule has 2 aromatic carbocycles. The molecule has 2 amide bonds. The molecule has 6 nitrogen and oxygen atoms in total. The molecular formula is C28H31N3O3. The van der Waals surface area contributed by atoms with Gasteiger partial charge in [0.25, 0.3) is 5.91 Å². The number of aromatic amines is 1. The second kappa shape index (κ2) is 11.4. The van der Waals surface area contributed by atoms with Crippen LogP contribution in [0.1, 0.15) is 41.4 Å². The Balaban J connectivity index is 1.51. The second-order valence-electron chi connectivity index (χ2n) is 8.47. The van der Waals surface area contributed by atoms with E-state index in [4.69, 9.17) is 4.42 Å². The largest absolute Gasteiger partial charge is 0.459 e. The van der Waals surface area contributed by atoms with Gasteiger partial charge in [-0.25, -0.2) is 0 Å². The number of H-pyrrole nitrogens is 1. The molecule has 0 bridgehead atoms. The number of carbonyl (C=O) groups is 2. The van der Waals surface area contributed by atoms with Crippen molar-refractivity contribution in [3.05, 3.63) is 96.1 Å². The summed E-state index contributed by atoms with van der Waals surface area (Å²) in [7, 11) is 0. The number of hydrogen-bond acceptors (Lipinski definition) is 3. The molecule has 0 atom stereocenters. The first-order chi connectivity index (χ1) is 16.7. The lowest BCUT2D eigenvalue weighted by molar-refractivity contribution is -0.132. The number of aromatic nitrogens is 1. The van der Waals surface area contributed by atoms with E-state index in [0.29, 0.717) is 19.6 Å². The van der Waals surface area contributed by atoms with Crippen LogP contribution in [0.15, 0.2) is 83.6 Å². The molecule has 0 aliphatic carbocycles. The Hall–Kier alpha value is -3.80. The molecule has 1 N–H and O–H groups in total. The molecule has 176 valence electrons. The van der Waals surface area contributed by atoms with Crippen LogP contribution in [0.2, 0.25) is 0 Å². The van der Waals surface area contributed by atoms with Crippen LogP contribution in [-0.2, 0) is 17.8 Å². The number of nitrogens with one attached hydrogen (secondary N) is 1. The fourth-order valence-electron chi connectivity index (χ4n) is 4.11. The monoisotopic (exact) mass is 457 g/mol. The van der Waals surface area contributed by atoms with Crippen LogP contribution in [0.5, 0.6) is 0 Å². The van der Waals surface area contributed by atoms with Crippen LogP contribution in [0, 0.1) is 0 Å². The van der Waals surface area contributed by atoms with Crippen molar-refractivity contribution in [3.8, 4) is 0 Å². The number of unbranched alkanes of at least 4 members (excludes halogenated alkanes) is 1. The summed E-state index contributed by atoms with van der Waals surface area (Å²) >= 11 is 0. The SMILES string of the molecule is CCCCN(CC(=O)N(CCc1c[nH]c2ccccc12)Cc1ccccc1)C(=O)c1ccco1. The lowest BCUT2D eigenvalue weighted by atomic mass is 10.1. The van der Waals surface area contributed by atoms with Crippen LogP contribution in [0.25, 0.3) is 10.9 Å². The summed E-state index contributed by atoms with van der Waals surface area (Å²) in [6.45, 7) is 3.68. The van der Waals surface area contributed by atoms with E-state index in [1.54, 1.807) is 17.0 Å². The average molecular weight is 458 g/mol. The molecule has 0 fully saturated rings. The highest BCUT2D eigenvalue weighted by molar-refractivity contribution is 5.94. The fraction of sp³-hybridized carbons (Fsp3) is 0.286. The Morgan fingerprint density at radius 1 is 0.912 bits per heavy atom. The zero-order valence-electron chi connectivity index (χ0n) is 19.6. The minimum atomic E-state index is -0.247. The van der Waals surface area contributed by atoms with Gasteiger partial charge in [0.05, 0.1) is 6.26 Å². The molecule has 0 aliphatic rings. The van der Waals surface area contributed by atoms with Crippen molar-refractivity contribution in [1.29, 1.82) is 0 Å². The topological polar surface area (TPSA) is 69.6 Å². The standard InChI is InChI=1S/C28H31N3O3/c1-2-3-16-31(28(33)26-14-9-18-34-26)21-27(32)30(20-22-10-5-4-6-11-22)17-15-23-19-29-25-13-8-7-12-24(23)25/h4-14,18-19,29H,2-3,15-17,20-21H2,1H3. The van der Waals surface area contributed by atoms with Crippen molar-refractivity contribution in [1.82, 2.24) is 14.8 Å². The Labute approximate surface area is 200 Å². The Morgan fingerprint density at radius 3 is 2.47 bits per heavy atom. The second-order valence-corrected chi connectivity index (χ2v) is 8.47. The van der Waals surface area contributed by atoms with Gasteiger partial charge in [0.15, 0.2) is 5.76 Å². The van der Waals surface area contributed by atoms with Crippen molar-refractivity contribution in [2.24, 2.45) is 0 Å². The summed E-state index contributed by atoms with van der Waals surface area (Å²) in [6.07, 6.45) is 5.99. The molecule has 4 aromatic rings. The van der Waals surface area contributed by atoms with Gasteiger partial charge in [-0.05, 0) is 42.2 Å². The lowest BCUT2D eigenvalue weighted by Gasteiger charge is -2.27. The van der Waals surface area contributed by atoms with Crippen LogP contribution in [-0.4, -0.2) is 46.2 Å². The number of furan rings is 1. The van der Waals surface area contributed by atoms with Gasteiger partial charge in [0.1, 0.15) is 6.54 Å². The van der Waals surface area contributed by atoms with E-state index in [0.717, 1.165) is 30.3 Å². The van der Waals surface area contributed by atoms with Gasteiger partial charge in [-0.15, -0.1) is 0 Å². The Morgan fingerprint density at radius 2 is 1.71 bits per heavy atom. The highest BCUT2D eigenvalue weighted by Crippen LogP contribution is 2.19. The quantitative estimate of drug-likeness (QED) is 0.333. The zero-order chi connectivity index (χ0) is 23.8. The third-order valence-corrected chi connectivity index (χ3v) is 6.02. The average Bonchev–Trinajstić information content (AvgIpc) is 3.55. The van der Waals surface area contributed by atoms with Gasteiger partial charge in [-0.2, -0.15) is 0 Å². The number of rotatable bonds is 11. The number of nitrogens with zero attached hydrogens (tertiary/aromatic N) is 2. The summed E-state index contributed by atoms with van der Waals surface area (Å²) in [6, 6.07) is 21.5. The van der Waals surface area contributed by atoms with Crippen molar-refractivity contribution < 1.29 is 14.0 Å². The molecule has 2 heterocycles. The first-order valence-electron chi connectivity index (χ1n) is 11.8. The molecule has 0 spiro atoms. The van der Waals surface area contributed by atoms with Crippen molar-refractivity contribution in [3.63, 3.8) is 0 Å². The maximum atomic E-state index is 13.5. The van der Waals surface area contributed by atoms with Gasteiger partial charge >= 0.3 is 0 Å². The summed E-state index contributed by atoms with van der Waals surface area (Å²) in [5.41, 5.74) is 3.33. The third kappa shape index (κ3) is 5.76. The number of para-hydroxylation sites is 1. The summed E-state index contributed by atoms with van der Waals surface area (Å²) in [4.78, 5) is 33.3. The zero-order valence-corrected chi connectivity index (χ0v) is 19.6. The molecule has 0 unspecified atom stereocenters. The smallest absolute Gasteiger partial charge is 0.290 e. The van der Waals surface area contributed by atoms with Crippen LogP contribution in [0.3, 0.4) is 0 Å². The molecule has 0 radical (unpaired) electrons. The molecule has 2 aromatic heterocycles. The maximum absolute atomic E-state index is 13.5. The molecule has 0 saturated carbocycles. The summed E-state index contributed by atoms with van der Waals surface area (Å²) in [5, 5.41) is 1.17. The van der Waals surface area contributed by atoms with Crippen molar-refractivity contribution in [2.75, 3.05) is 19.6 Å². The predicted molar refractivity (Wildman–Crippen MR) is 133 cm³/mol. The molecule has 0 aliphatic heterocycles. The Bertz CT molecular complexity index is 1200. The minimum Gasteiger partial charge on any atom is -0.459 e. The van der Waals surface area contributed by atoms with Crippen LogP contribution in [0.4, 0.5) is 0 Å². The van der Waals surface area contributed by atoms with Gasteiger partial charge in [0, 0.05) is 36.7 Å². The molecular weight excluding hydrogens is 426 g/mol. The summed E-state index contributed by atoms with van der Waals surface area (Å²) < 4.78 is 5.31. The van der Waals surface area contributed by atoms with Crippen LogP contribution < -0.4 is 0 Å². The molecule has 34 heavy (non-hydrogen) atoms. The van der Waals surface area contributed by atoms with Gasteiger partial charge < -0.3 is 19.2 Å². The Kier molecular flexibility index (Phi) is 7.81. The summed E-state index contributed by atoms with van der Waals surface area (Å²) in [5.74, 6) is -0.0555. The molecule has 4 rings (SSSR count). The molecule has 6 heteroatoms. The van der Waals surface area contributed by atoms with Gasteiger partial charge in [0.2, 0.25) is 5.91 Å². The van der Waals surface area contributed by atoms with E-state index in [-0.39, 0.29) is 24.1 Å². The first kappa shape index (κ1) is 23.4. The highest BCUT2D eigenvalue weighted by Gasteiger charge is 2.24. The predicted octanol–water partition coefficient (Wildman–Crippen LogP) is 5.27. The van der Waals surface area contributed by atoms with E-state index in [1.807, 2.05) is 53.6 Å². The first-order valence-corrected chi connectivity index (χ1v) is 11.8. The van der Waals surface area contributed by atoms with Crippen molar-refractivity contribution >= 4 is 22.7 Å². The van der Waals surface area contributed by atoms with E-state index < -0.39 is 0 Å². The number of amides is 2. The van der Waals surface area contributed by atoms with Crippen LogP contribution >= 0.6 is 0 Å². The fourth-order valence-corrected chi connectivity index (χ4v) is 4.11. The van der Waals surface area contributed by atoms with E-state index >= 15 is 0 Å². The number of hydrogen-bond donors (Lipinski definition) is 1. The van der Waals surface area contributed by atoms with E-state index in [9.17, 15) is 9.59 Å². The lowest BCUT2D eigenvalue weighted by Crippen LogP contribution is -2.43. The van der Waals surface area contributed by atoms with E-state index in [1.165, 1.54) is 17.2 Å². The van der Waals surface area contributed by atoms with E-state index in [2.05, 4.69) is 24.0 Å². The van der Waals surface area contributed by atoms with Crippen molar-refractivity contribution in [2.45, 2.75) is 32.7 Å².